The lowest BCUT2D eigenvalue weighted by atomic mass is 10.1. The second kappa shape index (κ2) is 5.93. The maximum absolute atomic E-state index is 9.01. The normalized spacial score (nSPS) is 18.4. The number of hydrogen-bond donors (Lipinski definition) is 0. The molecule has 2 heterocycles. The molecule has 0 bridgehead atoms. The Kier molecular flexibility index (Phi) is 3.82. The molecule has 0 atom stereocenters. The average Bonchev–Trinajstić information content (AvgIpc) is 3.15. The largest absolute Gasteiger partial charge is 0.465 e. The molecule has 0 unspecified atom stereocenters. The van der Waals surface area contributed by atoms with E-state index in [9.17, 15) is 0 Å². The standard InChI is InChI=1S/C18H16N4O/c1-18(2)16(22-11-10-20-13-22)12-17(23-18)21-15(8-9-19)14-6-4-3-5-7-14/h3-8,10-13H,1-2H3/b15-8+,21-17?. The Balaban J connectivity index is 2.00. The molecule has 3 rings (SSSR count). The van der Waals surface area contributed by atoms with Gasteiger partial charge in [-0.3, -0.25) is 0 Å². The number of ether oxygens (including phenoxy) is 1. The van der Waals surface area contributed by atoms with Gasteiger partial charge in [-0.1, -0.05) is 30.3 Å². The van der Waals surface area contributed by atoms with Gasteiger partial charge in [0, 0.05) is 30.1 Å². The van der Waals surface area contributed by atoms with Crippen molar-refractivity contribution in [3.05, 3.63) is 66.8 Å². The molecule has 0 fully saturated rings. The molecular weight excluding hydrogens is 288 g/mol. The zero-order chi connectivity index (χ0) is 16.3. The van der Waals surface area contributed by atoms with Crippen LogP contribution in [0.5, 0.6) is 0 Å². The van der Waals surface area contributed by atoms with Crippen LogP contribution >= 0.6 is 0 Å². The van der Waals surface area contributed by atoms with Gasteiger partial charge in [0.25, 0.3) is 0 Å². The maximum Gasteiger partial charge on any atom is 0.216 e. The monoisotopic (exact) mass is 304 g/mol. The Labute approximate surface area is 134 Å². The summed E-state index contributed by atoms with van der Waals surface area (Å²) in [6.45, 7) is 3.94. The number of imidazole rings is 1. The molecule has 5 nitrogen and oxygen atoms in total. The quantitative estimate of drug-likeness (QED) is 0.815. The minimum atomic E-state index is -0.520. The van der Waals surface area contributed by atoms with Gasteiger partial charge in [-0.2, -0.15) is 5.26 Å². The van der Waals surface area contributed by atoms with E-state index in [1.807, 2.05) is 67.1 Å². The first-order chi connectivity index (χ1) is 11.1. The lowest BCUT2D eigenvalue weighted by Gasteiger charge is -2.22. The fourth-order valence-corrected chi connectivity index (χ4v) is 2.45. The summed E-state index contributed by atoms with van der Waals surface area (Å²) in [6.07, 6.45) is 8.60. The summed E-state index contributed by atoms with van der Waals surface area (Å²) in [5, 5.41) is 9.01. The topological polar surface area (TPSA) is 63.2 Å². The zero-order valence-corrected chi connectivity index (χ0v) is 13.0. The number of nitriles is 1. The smallest absolute Gasteiger partial charge is 0.216 e. The van der Waals surface area contributed by atoms with Gasteiger partial charge in [0.15, 0.2) is 0 Å². The van der Waals surface area contributed by atoms with Gasteiger partial charge in [-0.15, -0.1) is 0 Å². The van der Waals surface area contributed by atoms with Gasteiger partial charge in [-0.05, 0) is 13.8 Å². The van der Waals surface area contributed by atoms with E-state index in [1.54, 1.807) is 12.5 Å². The third-order valence-corrected chi connectivity index (χ3v) is 3.52. The lowest BCUT2D eigenvalue weighted by Crippen LogP contribution is -2.24. The first-order valence-electron chi connectivity index (χ1n) is 7.23. The van der Waals surface area contributed by atoms with Crippen LogP contribution in [0.1, 0.15) is 19.4 Å². The highest BCUT2D eigenvalue weighted by molar-refractivity contribution is 6.01. The van der Waals surface area contributed by atoms with Crippen molar-refractivity contribution < 1.29 is 4.74 Å². The van der Waals surface area contributed by atoms with E-state index < -0.39 is 5.60 Å². The SMILES string of the molecule is CC1(C)OC(=N/C(=C/C#N)c2ccccc2)C=C1n1ccnc1. The molecule has 0 saturated carbocycles. The number of aliphatic imine (C=N–C) groups is 1. The molecule has 0 saturated heterocycles. The van der Waals surface area contributed by atoms with Crippen LogP contribution in [0.15, 0.2) is 66.2 Å². The first kappa shape index (κ1) is 14.8. The molecule has 2 aromatic rings. The summed E-state index contributed by atoms with van der Waals surface area (Å²) in [5.74, 6) is 0.476. The van der Waals surface area contributed by atoms with E-state index in [0.717, 1.165) is 11.3 Å². The van der Waals surface area contributed by atoms with E-state index in [0.29, 0.717) is 11.6 Å². The summed E-state index contributed by atoms with van der Waals surface area (Å²) in [7, 11) is 0. The van der Waals surface area contributed by atoms with Crippen LogP contribution in [0, 0.1) is 11.3 Å². The number of benzene rings is 1. The first-order valence-corrected chi connectivity index (χ1v) is 7.23. The van der Waals surface area contributed by atoms with Crippen molar-refractivity contribution in [2.75, 3.05) is 0 Å². The van der Waals surface area contributed by atoms with E-state index in [2.05, 4.69) is 9.98 Å². The van der Waals surface area contributed by atoms with Gasteiger partial charge in [0.05, 0.1) is 23.8 Å². The van der Waals surface area contributed by atoms with Crippen LogP contribution in [0.3, 0.4) is 0 Å². The molecule has 0 radical (unpaired) electrons. The number of hydrogen-bond acceptors (Lipinski definition) is 4. The van der Waals surface area contributed by atoms with Crippen LogP contribution in [-0.2, 0) is 4.74 Å². The Bertz CT molecular complexity index is 822. The highest BCUT2D eigenvalue weighted by Crippen LogP contribution is 2.32. The molecule has 1 aromatic heterocycles. The van der Waals surface area contributed by atoms with Crippen LogP contribution in [0.4, 0.5) is 0 Å². The van der Waals surface area contributed by atoms with Crippen molar-refractivity contribution in [2.24, 2.45) is 4.99 Å². The van der Waals surface area contributed by atoms with Crippen molar-refractivity contribution in [3.63, 3.8) is 0 Å². The fraction of sp³-hybridized carbons (Fsp3) is 0.167. The lowest BCUT2D eigenvalue weighted by molar-refractivity contribution is 0.165. The van der Waals surface area contributed by atoms with Gasteiger partial charge in [0.2, 0.25) is 5.90 Å². The summed E-state index contributed by atoms with van der Waals surface area (Å²) in [6, 6.07) is 11.6. The van der Waals surface area contributed by atoms with Crippen LogP contribution < -0.4 is 0 Å². The molecule has 0 spiro atoms. The molecule has 0 amide bonds. The van der Waals surface area contributed by atoms with Gasteiger partial charge < -0.3 is 9.30 Å². The predicted molar refractivity (Wildman–Crippen MR) is 89.1 cm³/mol. The molecule has 114 valence electrons. The Morgan fingerprint density at radius 3 is 2.78 bits per heavy atom. The van der Waals surface area contributed by atoms with Crippen LogP contribution in [0.2, 0.25) is 0 Å². The molecule has 1 aliphatic rings. The second-order valence-electron chi connectivity index (χ2n) is 5.59. The summed E-state index contributed by atoms with van der Waals surface area (Å²) in [4.78, 5) is 8.58. The summed E-state index contributed by atoms with van der Waals surface area (Å²) in [5.41, 5.74) is 1.86. The zero-order valence-electron chi connectivity index (χ0n) is 13.0. The third kappa shape index (κ3) is 3.06. The van der Waals surface area contributed by atoms with Crippen molar-refractivity contribution in [1.29, 1.82) is 5.26 Å². The molecule has 0 aliphatic carbocycles. The minimum absolute atomic E-state index is 0.476. The summed E-state index contributed by atoms with van der Waals surface area (Å²) < 4.78 is 7.84. The van der Waals surface area contributed by atoms with Gasteiger partial charge in [-0.25, -0.2) is 9.98 Å². The number of allylic oxidation sites excluding steroid dienone is 1. The molecule has 23 heavy (non-hydrogen) atoms. The Hall–Kier alpha value is -3.13. The highest BCUT2D eigenvalue weighted by Gasteiger charge is 2.34. The van der Waals surface area contributed by atoms with E-state index in [1.165, 1.54) is 6.08 Å². The van der Waals surface area contributed by atoms with E-state index in [4.69, 9.17) is 10.00 Å². The molecule has 0 N–H and O–H groups in total. The van der Waals surface area contributed by atoms with Crippen molar-refractivity contribution >= 4 is 17.3 Å². The Morgan fingerprint density at radius 1 is 1.35 bits per heavy atom. The van der Waals surface area contributed by atoms with Crippen molar-refractivity contribution in [2.45, 2.75) is 19.4 Å². The maximum atomic E-state index is 9.01. The minimum Gasteiger partial charge on any atom is -0.465 e. The number of nitrogens with zero attached hydrogens (tertiary/aromatic N) is 4. The Morgan fingerprint density at radius 2 is 2.13 bits per heavy atom. The van der Waals surface area contributed by atoms with Gasteiger partial charge in [0.1, 0.15) is 5.60 Å². The highest BCUT2D eigenvalue weighted by atomic mass is 16.5. The molecule has 1 aromatic carbocycles. The second-order valence-corrected chi connectivity index (χ2v) is 5.59. The van der Waals surface area contributed by atoms with Gasteiger partial charge >= 0.3 is 0 Å². The van der Waals surface area contributed by atoms with E-state index in [-0.39, 0.29) is 0 Å². The summed E-state index contributed by atoms with van der Waals surface area (Å²) >= 11 is 0. The average molecular weight is 304 g/mol. The third-order valence-electron chi connectivity index (χ3n) is 3.52. The number of aromatic nitrogens is 2. The predicted octanol–water partition coefficient (Wildman–Crippen LogP) is 3.50. The molecular formula is C18H16N4O. The number of rotatable bonds is 3. The van der Waals surface area contributed by atoms with Crippen LogP contribution in [-0.4, -0.2) is 21.0 Å². The van der Waals surface area contributed by atoms with Crippen LogP contribution in [0.25, 0.3) is 11.4 Å². The molecule has 1 aliphatic heterocycles. The molecule has 5 heteroatoms. The van der Waals surface area contributed by atoms with E-state index >= 15 is 0 Å². The van der Waals surface area contributed by atoms with Crippen molar-refractivity contribution in [3.8, 4) is 6.07 Å². The fourth-order valence-electron chi connectivity index (χ4n) is 2.45. The van der Waals surface area contributed by atoms with Crippen molar-refractivity contribution in [1.82, 2.24) is 9.55 Å².